The number of anilines is 5. The second kappa shape index (κ2) is 29.9. The number of ether oxygens (including phenoxy) is 2. The highest BCUT2D eigenvalue weighted by atomic mass is 32.1. The molecular weight excluding hydrogens is 1280 g/mol. The van der Waals surface area contributed by atoms with E-state index in [1.165, 1.54) is 70.5 Å². The molecule has 98 heavy (non-hydrogen) atoms. The fourth-order valence-electron chi connectivity index (χ4n) is 13.8. The molecule has 22 heteroatoms. The molecule has 3 aliphatic rings. The van der Waals surface area contributed by atoms with Crippen molar-refractivity contribution in [1.82, 2.24) is 53.2 Å². The Kier molecular flexibility index (Phi) is 21.6. The lowest BCUT2D eigenvalue weighted by molar-refractivity contribution is 0.0194. The molecule has 3 fully saturated rings. The van der Waals surface area contributed by atoms with Crippen molar-refractivity contribution in [2.24, 2.45) is 0 Å². The number of benzene rings is 2. The largest absolute Gasteiger partial charge is 0.444 e. The van der Waals surface area contributed by atoms with Gasteiger partial charge in [-0.25, -0.2) is 43.3 Å². The molecule has 18 nitrogen and oxygen atoms in total. The van der Waals surface area contributed by atoms with E-state index in [1.54, 1.807) is 46.9 Å². The summed E-state index contributed by atoms with van der Waals surface area (Å²) in [6, 6.07) is 19.5. The third-order valence-electron chi connectivity index (χ3n) is 18.9. The minimum atomic E-state index is -0.492. The first kappa shape index (κ1) is 70.8. The van der Waals surface area contributed by atoms with Crippen LogP contribution in [0.25, 0.3) is 39.5 Å². The number of rotatable bonds is 13. The van der Waals surface area contributed by atoms with Crippen LogP contribution in [0.5, 0.6) is 0 Å². The topological polar surface area (TPSA) is 167 Å². The Labute approximate surface area is 583 Å². The molecule has 0 radical (unpaired) electrons. The number of likely N-dealkylation sites (tertiary alicyclic amines) is 2. The molecule has 2 N–H and O–H groups in total. The van der Waals surface area contributed by atoms with Crippen LogP contribution in [0, 0.1) is 32.4 Å². The summed E-state index contributed by atoms with van der Waals surface area (Å²) in [5, 5.41) is 12.5. The van der Waals surface area contributed by atoms with Gasteiger partial charge in [-0.3, -0.25) is 13.2 Å². The number of aromatic nitrogens is 8. The van der Waals surface area contributed by atoms with Gasteiger partial charge in [-0.05, 0) is 251 Å². The van der Waals surface area contributed by atoms with Gasteiger partial charge in [-0.15, -0.1) is 22.7 Å². The van der Waals surface area contributed by atoms with Crippen LogP contribution in [-0.2, 0) is 28.7 Å². The van der Waals surface area contributed by atoms with Gasteiger partial charge in [0, 0.05) is 87.8 Å². The minimum Gasteiger partial charge on any atom is -0.444 e. The van der Waals surface area contributed by atoms with Gasteiger partial charge in [0.05, 0.1) is 28.5 Å². The van der Waals surface area contributed by atoms with Crippen LogP contribution in [0.3, 0.4) is 0 Å². The molecule has 11 heterocycles. The molecule has 2 amide bonds. The van der Waals surface area contributed by atoms with Crippen molar-refractivity contribution < 1.29 is 27.8 Å². The molecule has 0 unspecified atom stereocenters. The van der Waals surface area contributed by atoms with Crippen LogP contribution in [0.15, 0.2) is 96.1 Å². The Balaban J connectivity index is 0.000000151. The highest BCUT2D eigenvalue weighted by molar-refractivity contribution is 7.14. The third-order valence-corrected chi connectivity index (χ3v) is 20.7. The summed E-state index contributed by atoms with van der Waals surface area (Å²) in [6.07, 6.45) is 14.9. The second-order valence-electron chi connectivity index (χ2n) is 28.1. The van der Waals surface area contributed by atoms with E-state index in [4.69, 9.17) is 34.4 Å². The summed E-state index contributed by atoms with van der Waals surface area (Å²) in [4.78, 5) is 57.1. The Hall–Kier alpha value is -8.47. The number of thiazole rings is 2. The van der Waals surface area contributed by atoms with Gasteiger partial charge in [0.1, 0.15) is 57.2 Å². The number of nitrogens with one attached hydrogen (secondary N) is 2. The molecule has 0 spiro atoms. The predicted molar refractivity (Wildman–Crippen MR) is 393 cm³/mol. The Morgan fingerprint density at radius 2 is 0.888 bits per heavy atom. The lowest BCUT2D eigenvalue weighted by Gasteiger charge is -2.34. The van der Waals surface area contributed by atoms with Gasteiger partial charge < -0.3 is 39.7 Å². The zero-order valence-corrected chi connectivity index (χ0v) is 61.3. The van der Waals surface area contributed by atoms with E-state index in [9.17, 15) is 18.4 Å². The third kappa shape index (κ3) is 15.8. The van der Waals surface area contributed by atoms with Crippen LogP contribution in [0.1, 0.15) is 169 Å². The van der Waals surface area contributed by atoms with Crippen molar-refractivity contribution in [2.45, 2.75) is 170 Å². The van der Waals surface area contributed by atoms with Gasteiger partial charge in [0.2, 0.25) is 0 Å². The van der Waals surface area contributed by atoms with Crippen molar-refractivity contribution in [1.29, 1.82) is 0 Å². The summed E-state index contributed by atoms with van der Waals surface area (Å²) < 4.78 is 44.4. The van der Waals surface area contributed by atoms with E-state index in [1.807, 2.05) is 76.2 Å². The van der Waals surface area contributed by atoms with E-state index in [0.717, 1.165) is 155 Å². The molecule has 0 aliphatic carbocycles. The van der Waals surface area contributed by atoms with Crippen LogP contribution < -0.4 is 20.4 Å². The number of fused-ring (bicyclic) bond motifs is 3. The van der Waals surface area contributed by atoms with Gasteiger partial charge >= 0.3 is 12.2 Å². The number of halogens is 2. The first-order chi connectivity index (χ1) is 46.8. The van der Waals surface area contributed by atoms with Gasteiger partial charge in [0.15, 0.2) is 10.3 Å². The quantitative estimate of drug-likeness (QED) is 0.112. The Morgan fingerprint density at radius 1 is 0.541 bits per heavy atom. The van der Waals surface area contributed by atoms with E-state index in [-0.39, 0.29) is 23.8 Å². The first-order valence-corrected chi connectivity index (χ1v) is 36.4. The number of pyridine rings is 3. The molecule has 8 aromatic heterocycles. The SMILES string of the molecule is CCc1nc2cc(C)c(C3CCN(C(=O)OC(C)(C)C)CC3)cn2c1N(C)c1nc(-c2ccc(F)cc2)cs1.CCc1nc2cc(C)c(C3CCN(C(=O)OC(C)(C)C)CC3)cn2c1NC.CCc1nc2cc(C)c(C3CCNCC3)cn2c1N(C)c1nc(-c2ccc(F)cc2)cs1. The minimum absolute atomic E-state index is 0.201. The maximum atomic E-state index is 13.4. The normalized spacial score (nSPS) is 15.1. The number of carbonyl (C=O) groups is 2. The average molecular weight is 1370 g/mol. The molecule has 0 atom stereocenters. The smallest absolute Gasteiger partial charge is 0.410 e. The van der Waals surface area contributed by atoms with Crippen molar-refractivity contribution in [3.05, 3.63) is 158 Å². The number of aryl methyl sites for hydroxylation is 6. The lowest BCUT2D eigenvalue weighted by Crippen LogP contribution is -2.41. The number of hydrogen-bond donors (Lipinski definition) is 2. The molecule has 520 valence electrons. The maximum absolute atomic E-state index is 13.4. The number of hydrogen-bond acceptors (Lipinski definition) is 15. The Morgan fingerprint density at radius 3 is 1.24 bits per heavy atom. The average Bonchev–Trinajstić information content (AvgIpc) is 1.62. The van der Waals surface area contributed by atoms with Gasteiger partial charge in [-0.1, -0.05) is 20.8 Å². The molecule has 0 saturated carbocycles. The van der Waals surface area contributed by atoms with Crippen molar-refractivity contribution in [3.63, 3.8) is 0 Å². The number of amides is 2. The summed E-state index contributed by atoms with van der Waals surface area (Å²) in [5.41, 5.74) is 16.4. The molecular formula is C76H96F2N14O4S2. The van der Waals surface area contributed by atoms with Gasteiger partial charge in [-0.2, -0.15) is 0 Å². The molecule has 0 bridgehead atoms. The zero-order valence-electron chi connectivity index (χ0n) is 59.6. The fraction of sp³-hybridized carbons (Fsp3) is 0.461. The van der Waals surface area contributed by atoms with Crippen LogP contribution in [0.4, 0.5) is 46.1 Å². The van der Waals surface area contributed by atoms with Crippen LogP contribution in [-0.4, -0.2) is 132 Å². The highest BCUT2D eigenvalue weighted by Gasteiger charge is 2.32. The molecule has 10 aromatic rings. The van der Waals surface area contributed by atoms with E-state index >= 15 is 0 Å². The summed E-state index contributed by atoms with van der Waals surface area (Å²) >= 11 is 3.15. The molecule has 3 aliphatic heterocycles. The molecule has 3 saturated heterocycles. The number of imidazole rings is 3. The monoisotopic (exact) mass is 1370 g/mol. The highest BCUT2D eigenvalue weighted by Crippen LogP contribution is 2.40. The number of carbonyl (C=O) groups excluding carboxylic acids is 2. The molecule has 2 aromatic carbocycles. The Bertz CT molecular complexity index is 4420. The predicted octanol–water partition coefficient (Wildman–Crippen LogP) is 17.4. The summed E-state index contributed by atoms with van der Waals surface area (Å²) in [5.74, 6) is 4.02. The van der Waals surface area contributed by atoms with E-state index < -0.39 is 11.2 Å². The maximum Gasteiger partial charge on any atom is 0.410 e. The second-order valence-corrected chi connectivity index (χ2v) is 29.7. The summed E-state index contributed by atoms with van der Waals surface area (Å²) in [7, 11) is 6.02. The summed E-state index contributed by atoms with van der Waals surface area (Å²) in [6.45, 7) is 29.3. The zero-order chi connectivity index (χ0) is 69.9. The van der Waals surface area contributed by atoms with Crippen molar-refractivity contribution in [2.75, 3.05) is 75.5 Å². The van der Waals surface area contributed by atoms with Gasteiger partial charge in [0.25, 0.3) is 0 Å². The van der Waals surface area contributed by atoms with E-state index in [2.05, 4.69) is 119 Å². The van der Waals surface area contributed by atoms with Crippen LogP contribution in [0.2, 0.25) is 0 Å². The number of piperidine rings is 3. The van der Waals surface area contributed by atoms with Crippen molar-refractivity contribution >= 4 is 79.5 Å². The molecule has 13 rings (SSSR count). The fourth-order valence-corrected chi connectivity index (χ4v) is 15.4. The standard InChI is InChI=1S/C30H36FN5O2S.C25H28FN5S.C21H32N4O2/c1-7-24-27(34(6)28-33-25(18-39-28)21-8-10-22(31)11-9-21)36-17-23(19(2)16-26(36)32-24)20-12-14-35(15-13-20)29(37)38-30(3,4)5;1-4-21-24(30(3)25-29-22(15-32-25)18-5-7-19(26)8-6-18)31-14-20(16(2)13-23(31)28-21)17-9-11-27-12-10-17;1-7-17-19(22-6)25-13-16(14(2)12-18(25)23-17)15-8-10-24(11-9-15)20(26)27-21(3,4)5/h8-11,16-18,20H,7,12-15H2,1-6H3;5-8,13-15,17,27H,4,9-12H2,1-3H3;12-13,15,22H,7-11H2,1-6H3. The lowest BCUT2D eigenvalue weighted by atomic mass is 9.88. The first-order valence-electron chi connectivity index (χ1n) is 34.6. The van der Waals surface area contributed by atoms with E-state index in [0.29, 0.717) is 30.8 Å². The van der Waals surface area contributed by atoms with Crippen LogP contribution >= 0.6 is 22.7 Å². The number of nitrogens with zero attached hydrogens (tertiary/aromatic N) is 12. The van der Waals surface area contributed by atoms with Crippen molar-refractivity contribution in [3.8, 4) is 22.5 Å².